The molecule has 0 spiro atoms. The van der Waals surface area contributed by atoms with Crippen LogP contribution in [0.4, 0.5) is 13.2 Å². The molecule has 3 rings (SSSR count). The first-order valence-electron chi connectivity index (χ1n) is 8.25. The molecule has 0 aliphatic rings. The number of benzene rings is 2. The molecule has 0 saturated heterocycles. The molecule has 2 aromatic carbocycles. The maximum atomic E-state index is 12.7. The summed E-state index contributed by atoms with van der Waals surface area (Å²) in [6.07, 6.45) is -3.86. The van der Waals surface area contributed by atoms with Gasteiger partial charge < -0.3 is 9.73 Å². The topological polar surface area (TPSA) is 51.0 Å². The summed E-state index contributed by atoms with van der Waals surface area (Å²) < 4.78 is 43.8. The van der Waals surface area contributed by atoms with Crippen LogP contribution in [0.1, 0.15) is 29.5 Å². The van der Waals surface area contributed by atoms with Crippen molar-refractivity contribution >= 4 is 0 Å². The largest absolute Gasteiger partial charge is 0.419 e. The lowest BCUT2D eigenvalue weighted by molar-refractivity contribution is -0.137. The first-order valence-corrected chi connectivity index (χ1v) is 8.25. The van der Waals surface area contributed by atoms with E-state index in [1.54, 1.807) is 0 Å². The van der Waals surface area contributed by atoms with Crippen molar-refractivity contribution in [2.24, 2.45) is 0 Å². The fourth-order valence-corrected chi connectivity index (χ4v) is 2.58. The van der Waals surface area contributed by atoms with Gasteiger partial charge in [0.15, 0.2) is 0 Å². The van der Waals surface area contributed by atoms with Gasteiger partial charge in [-0.3, -0.25) is 0 Å². The van der Waals surface area contributed by atoms with Gasteiger partial charge in [-0.2, -0.15) is 13.2 Å². The maximum Gasteiger partial charge on any atom is 0.416 e. The van der Waals surface area contributed by atoms with Gasteiger partial charge in [0, 0.05) is 5.56 Å². The number of alkyl halides is 3. The van der Waals surface area contributed by atoms with Crippen LogP contribution in [0.5, 0.6) is 0 Å². The monoisotopic (exact) mass is 361 g/mol. The van der Waals surface area contributed by atoms with E-state index in [1.165, 1.54) is 12.1 Å². The van der Waals surface area contributed by atoms with Crippen LogP contribution >= 0.6 is 0 Å². The molecule has 1 N–H and O–H groups in total. The van der Waals surface area contributed by atoms with E-state index in [0.717, 1.165) is 35.4 Å². The molecule has 136 valence electrons. The SMILES string of the molecule is CCNCc1nnc(-c2ccccc2Cc2ccc(C(F)(F)F)cc2)o1. The molecule has 3 aromatic rings. The van der Waals surface area contributed by atoms with Crippen LogP contribution in [-0.2, 0) is 19.1 Å². The summed E-state index contributed by atoms with van der Waals surface area (Å²) in [7, 11) is 0. The molecule has 0 fully saturated rings. The van der Waals surface area contributed by atoms with Gasteiger partial charge >= 0.3 is 6.18 Å². The quantitative estimate of drug-likeness (QED) is 0.704. The highest BCUT2D eigenvalue weighted by molar-refractivity contribution is 5.59. The van der Waals surface area contributed by atoms with Gasteiger partial charge in [-0.15, -0.1) is 10.2 Å². The third kappa shape index (κ3) is 4.29. The van der Waals surface area contributed by atoms with E-state index in [1.807, 2.05) is 31.2 Å². The van der Waals surface area contributed by atoms with Crippen LogP contribution < -0.4 is 5.32 Å². The molecule has 4 nitrogen and oxygen atoms in total. The second kappa shape index (κ2) is 7.70. The number of rotatable bonds is 6. The first-order chi connectivity index (χ1) is 12.5. The van der Waals surface area contributed by atoms with Crippen molar-refractivity contribution in [1.82, 2.24) is 15.5 Å². The fourth-order valence-electron chi connectivity index (χ4n) is 2.58. The van der Waals surface area contributed by atoms with Gasteiger partial charge in [-0.05, 0) is 42.3 Å². The Morgan fingerprint density at radius 1 is 1.00 bits per heavy atom. The molecule has 0 amide bonds. The summed E-state index contributed by atoms with van der Waals surface area (Å²) >= 11 is 0. The Morgan fingerprint density at radius 3 is 2.42 bits per heavy atom. The minimum atomic E-state index is -4.33. The van der Waals surface area contributed by atoms with Gasteiger partial charge in [-0.1, -0.05) is 37.3 Å². The van der Waals surface area contributed by atoms with E-state index in [4.69, 9.17) is 4.42 Å². The molecule has 0 aliphatic carbocycles. The standard InChI is InChI=1S/C19H18F3N3O/c1-2-23-12-17-24-25-18(26-17)16-6-4-3-5-14(16)11-13-7-9-15(10-8-13)19(20,21)22/h3-10,23H,2,11-12H2,1H3. The Kier molecular flexibility index (Phi) is 5.37. The van der Waals surface area contributed by atoms with Crippen LogP contribution in [0.25, 0.3) is 11.5 Å². The maximum absolute atomic E-state index is 12.7. The van der Waals surface area contributed by atoms with Gasteiger partial charge in [0.2, 0.25) is 11.8 Å². The van der Waals surface area contributed by atoms with Crippen LogP contribution in [-0.4, -0.2) is 16.7 Å². The number of nitrogens with zero attached hydrogens (tertiary/aromatic N) is 2. The number of aromatic nitrogens is 2. The molecule has 0 radical (unpaired) electrons. The van der Waals surface area contributed by atoms with Crippen molar-refractivity contribution in [3.05, 3.63) is 71.1 Å². The van der Waals surface area contributed by atoms with Gasteiger partial charge in [0.05, 0.1) is 12.1 Å². The molecule has 1 heterocycles. The smallest absolute Gasteiger partial charge is 0.416 e. The Balaban J connectivity index is 1.82. The second-order valence-electron chi connectivity index (χ2n) is 5.81. The Labute approximate surface area is 149 Å². The number of hydrogen-bond donors (Lipinski definition) is 1. The van der Waals surface area contributed by atoms with Crippen molar-refractivity contribution in [2.45, 2.75) is 26.1 Å². The van der Waals surface area contributed by atoms with Crippen molar-refractivity contribution in [3.63, 3.8) is 0 Å². The fraction of sp³-hybridized carbons (Fsp3) is 0.263. The van der Waals surface area contributed by atoms with Crippen LogP contribution in [0.15, 0.2) is 52.9 Å². The molecule has 1 aromatic heterocycles. The minimum Gasteiger partial charge on any atom is -0.419 e. The van der Waals surface area contributed by atoms with Crippen LogP contribution in [0, 0.1) is 0 Å². The van der Waals surface area contributed by atoms with E-state index in [-0.39, 0.29) is 0 Å². The summed E-state index contributed by atoms with van der Waals surface area (Å²) in [5.74, 6) is 0.895. The zero-order valence-electron chi connectivity index (χ0n) is 14.2. The number of nitrogens with one attached hydrogen (secondary N) is 1. The Morgan fingerprint density at radius 2 is 1.73 bits per heavy atom. The molecule has 26 heavy (non-hydrogen) atoms. The van der Waals surface area contributed by atoms with Gasteiger partial charge in [0.25, 0.3) is 0 Å². The van der Waals surface area contributed by atoms with Crippen molar-refractivity contribution < 1.29 is 17.6 Å². The summed E-state index contributed by atoms with van der Waals surface area (Å²) in [6, 6.07) is 12.7. The van der Waals surface area contributed by atoms with Crippen molar-refractivity contribution in [3.8, 4) is 11.5 Å². The van der Waals surface area contributed by atoms with Gasteiger partial charge in [0.1, 0.15) is 0 Å². The van der Waals surface area contributed by atoms with E-state index >= 15 is 0 Å². The highest BCUT2D eigenvalue weighted by Crippen LogP contribution is 2.30. The highest BCUT2D eigenvalue weighted by atomic mass is 19.4. The predicted octanol–water partition coefficient (Wildman–Crippen LogP) is 4.46. The summed E-state index contributed by atoms with van der Waals surface area (Å²) in [4.78, 5) is 0. The molecule has 0 saturated carbocycles. The van der Waals surface area contributed by atoms with Crippen molar-refractivity contribution in [1.29, 1.82) is 0 Å². The highest BCUT2D eigenvalue weighted by Gasteiger charge is 2.29. The van der Waals surface area contributed by atoms with Crippen molar-refractivity contribution in [2.75, 3.05) is 6.54 Å². The molecule has 0 atom stereocenters. The zero-order valence-corrected chi connectivity index (χ0v) is 14.2. The average Bonchev–Trinajstić information content (AvgIpc) is 3.09. The van der Waals surface area contributed by atoms with E-state index in [9.17, 15) is 13.2 Å². The minimum absolute atomic E-state index is 0.403. The summed E-state index contributed by atoms with van der Waals surface area (Å²) in [5, 5.41) is 11.2. The third-order valence-corrected chi connectivity index (χ3v) is 3.92. The molecule has 0 unspecified atom stereocenters. The summed E-state index contributed by atoms with van der Waals surface area (Å²) in [6.45, 7) is 3.27. The molecule has 7 heteroatoms. The predicted molar refractivity (Wildman–Crippen MR) is 91.4 cm³/mol. The molecule has 0 bridgehead atoms. The Bertz CT molecular complexity index is 857. The molecular formula is C19H18F3N3O. The lowest BCUT2D eigenvalue weighted by Crippen LogP contribution is -2.11. The zero-order chi connectivity index (χ0) is 18.6. The van der Waals surface area contributed by atoms with Gasteiger partial charge in [-0.25, -0.2) is 0 Å². The second-order valence-corrected chi connectivity index (χ2v) is 5.81. The van der Waals surface area contributed by atoms with Crippen LogP contribution in [0.2, 0.25) is 0 Å². The Hall–Kier alpha value is -2.67. The molecular weight excluding hydrogens is 343 g/mol. The van der Waals surface area contributed by atoms with E-state index < -0.39 is 11.7 Å². The molecule has 0 aliphatic heterocycles. The first kappa shape index (κ1) is 18.1. The lowest BCUT2D eigenvalue weighted by atomic mass is 9.99. The van der Waals surface area contributed by atoms with E-state index in [2.05, 4.69) is 15.5 Å². The van der Waals surface area contributed by atoms with Crippen LogP contribution in [0.3, 0.4) is 0 Å². The third-order valence-electron chi connectivity index (χ3n) is 3.92. The number of hydrogen-bond acceptors (Lipinski definition) is 4. The lowest BCUT2D eigenvalue weighted by Gasteiger charge is -2.09. The summed E-state index contributed by atoms with van der Waals surface area (Å²) in [5.41, 5.74) is 1.81. The average molecular weight is 361 g/mol. The normalized spacial score (nSPS) is 11.7. The number of halogens is 3. The van der Waals surface area contributed by atoms with E-state index in [0.29, 0.717) is 24.7 Å².